The summed E-state index contributed by atoms with van der Waals surface area (Å²) in [7, 11) is 3.29. The van der Waals surface area contributed by atoms with Gasteiger partial charge >= 0.3 is 0 Å². The summed E-state index contributed by atoms with van der Waals surface area (Å²) in [4.78, 5) is 13.9. The maximum atomic E-state index is 12.0. The van der Waals surface area contributed by atoms with Crippen LogP contribution < -0.4 is 5.32 Å². The number of amides is 1. The van der Waals surface area contributed by atoms with E-state index in [0.717, 1.165) is 25.9 Å². The quantitative estimate of drug-likeness (QED) is 0.697. The van der Waals surface area contributed by atoms with Crippen LogP contribution in [-0.4, -0.2) is 63.4 Å². The minimum atomic E-state index is -0.150. The fourth-order valence-corrected chi connectivity index (χ4v) is 2.00. The van der Waals surface area contributed by atoms with Crippen molar-refractivity contribution in [2.24, 2.45) is 0 Å². The Labute approximate surface area is 103 Å². The number of methoxy groups -OCH3 is 2. The predicted octanol–water partition coefficient (Wildman–Crippen LogP) is 0.248. The van der Waals surface area contributed by atoms with Crippen molar-refractivity contribution in [1.82, 2.24) is 10.2 Å². The van der Waals surface area contributed by atoms with Crippen molar-refractivity contribution in [3.8, 4) is 0 Å². The zero-order valence-corrected chi connectivity index (χ0v) is 11.1. The first-order chi connectivity index (χ1) is 8.19. The Morgan fingerprint density at radius 3 is 2.53 bits per heavy atom. The number of carbonyl (C=O) groups is 1. The predicted molar refractivity (Wildman–Crippen MR) is 66.0 cm³/mol. The average molecular weight is 244 g/mol. The Morgan fingerprint density at radius 1 is 1.35 bits per heavy atom. The number of likely N-dealkylation sites (tertiary alicyclic amines) is 1. The van der Waals surface area contributed by atoms with Crippen LogP contribution in [0.25, 0.3) is 0 Å². The molecule has 5 nitrogen and oxygen atoms in total. The first-order valence-electron chi connectivity index (χ1n) is 6.23. The molecule has 100 valence electrons. The summed E-state index contributed by atoms with van der Waals surface area (Å²) in [5, 5.41) is 3.20. The van der Waals surface area contributed by atoms with Gasteiger partial charge in [0.05, 0.1) is 18.8 Å². The molecule has 0 aromatic heterocycles. The highest BCUT2D eigenvalue weighted by atomic mass is 16.5. The molecule has 1 aliphatic heterocycles. The van der Waals surface area contributed by atoms with Crippen molar-refractivity contribution in [2.75, 3.05) is 40.5 Å². The van der Waals surface area contributed by atoms with Crippen molar-refractivity contribution >= 4 is 5.91 Å². The van der Waals surface area contributed by atoms with Gasteiger partial charge < -0.3 is 19.7 Å². The molecule has 0 bridgehead atoms. The molecule has 1 heterocycles. The molecule has 5 heteroatoms. The number of hydrogen-bond donors (Lipinski definition) is 1. The van der Waals surface area contributed by atoms with Crippen molar-refractivity contribution in [3.05, 3.63) is 0 Å². The second-order valence-electron chi connectivity index (χ2n) is 4.48. The second-order valence-corrected chi connectivity index (χ2v) is 4.48. The Hall–Kier alpha value is -0.650. The van der Waals surface area contributed by atoms with Gasteiger partial charge in [0.25, 0.3) is 0 Å². The zero-order valence-electron chi connectivity index (χ0n) is 11.1. The lowest BCUT2D eigenvalue weighted by atomic mass is 10.2. The van der Waals surface area contributed by atoms with Crippen molar-refractivity contribution in [2.45, 2.75) is 31.9 Å². The highest BCUT2D eigenvalue weighted by Crippen LogP contribution is 2.08. The van der Waals surface area contributed by atoms with Crippen LogP contribution in [0.2, 0.25) is 0 Å². The number of hydrogen-bond acceptors (Lipinski definition) is 4. The zero-order chi connectivity index (χ0) is 12.7. The van der Waals surface area contributed by atoms with E-state index in [1.165, 1.54) is 0 Å². The lowest BCUT2D eigenvalue weighted by molar-refractivity contribution is -0.132. The van der Waals surface area contributed by atoms with Crippen molar-refractivity contribution < 1.29 is 14.3 Å². The summed E-state index contributed by atoms with van der Waals surface area (Å²) in [6.45, 7) is 4.87. The van der Waals surface area contributed by atoms with Crippen LogP contribution in [0, 0.1) is 0 Å². The Morgan fingerprint density at radius 2 is 2.00 bits per heavy atom. The fourth-order valence-electron chi connectivity index (χ4n) is 2.00. The Bertz CT molecular complexity index is 230. The van der Waals surface area contributed by atoms with E-state index in [-0.39, 0.29) is 18.1 Å². The molecule has 0 aromatic rings. The first-order valence-corrected chi connectivity index (χ1v) is 6.23. The fraction of sp³-hybridized carbons (Fsp3) is 0.917. The molecule has 1 rings (SSSR count). The lowest BCUT2D eigenvalue weighted by Crippen LogP contribution is -2.46. The lowest BCUT2D eigenvalue weighted by Gasteiger charge is -2.23. The van der Waals surface area contributed by atoms with E-state index in [1.807, 2.05) is 11.8 Å². The molecule has 0 aliphatic carbocycles. The van der Waals surface area contributed by atoms with Gasteiger partial charge in [-0.2, -0.15) is 0 Å². The van der Waals surface area contributed by atoms with E-state index >= 15 is 0 Å². The minimum absolute atomic E-state index is 0.00571. The first kappa shape index (κ1) is 14.4. The summed E-state index contributed by atoms with van der Waals surface area (Å²) in [6, 6.07) is -0.150. The maximum Gasteiger partial charge on any atom is 0.239 e. The van der Waals surface area contributed by atoms with E-state index in [9.17, 15) is 4.79 Å². The van der Waals surface area contributed by atoms with Crippen LogP contribution >= 0.6 is 0 Å². The molecular weight excluding hydrogens is 220 g/mol. The van der Waals surface area contributed by atoms with Gasteiger partial charge in [-0.3, -0.25) is 4.79 Å². The summed E-state index contributed by atoms with van der Waals surface area (Å²) in [6.07, 6.45) is 2.25. The van der Waals surface area contributed by atoms with Gasteiger partial charge in [-0.25, -0.2) is 0 Å². The molecular formula is C12H24N2O3. The SMILES string of the molecule is COCC(CNC(C)C(=O)N1CCCC1)OC. The minimum Gasteiger partial charge on any atom is -0.382 e. The van der Waals surface area contributed by atoms with E-state index < -0.39 is 0 Å². The smallest absolute Gasteiger partial charge is 0.239 e. The maximum absolute atomic E-state index is 12.0. The van der Waals surface area contributed by atoms with E-state index in [2.05, 4.69) is 5.32 Å². The van der Waals surface area contributed by atoms with Gasteiger partial charge in [0, 0.05) is 33.9 Å². The topological polar surface area (TPSA) is 50.8 Å². The summed E-state index contributed by atoms with van der Waals surface area (Å²) in [5.41, 5.74) is 0. The summed E-state index contributed by atoms with van der Waals surface area (Å²) >= 11 is 0. The van der Waals surface area contributed by atoms with E-state index in [1.54, 1.807) is 14.2 Å². The van der Waals surface area contributed by atoms with Crippen molar-refractivity contribution in [3.63, 3.8) is 0 Å². The van der Waals surface area contributed by atoms with Gasteiger partial charge in [0.1, 0.15) is 0 Å². The van der Waals surface area contributed by atoms with E-state index in [4.69, 9.17) is 9.47 Å². The number of nitrogens with one attached hydrogen (secondary N) is 1. The van der Waals surface area contributed by atoms with Crippen LogP contribution in [-0.2, 0) is 14.3 Å². The monoisotopic (exact) mass is 244 g/mol. The van der Waals surface area contributed by atoms with Crippen LogP contribution in [0.1, 0.15) is 19.8 Å². The molecule has 1 N–H and O–H groups in total. The summed E-state index contributed by atoms with van der Waals surface area (Å²) in [5.74, 6) is 0.190. The summed E-state index contributed by atoms with van der Waals surface area (Å²) < 4.78 is 10.3. The molecule has 0 radical (unpaired) electrons. The van der Waals surface area contributed by atoms with Gasteiger partial charge in [-0.15, -0.1) is 0 Å². The standard InChI is InChI=1S/C12H24N2O3/c1-10(12(15)14-6-4-5-7-14)13-8-11(17-3)9-16-2/h10-11,13H,4-9H2,1-3H3. The molecule has 1 amide bonds. The number of nitrogens with zero attached hydrogens (tertiary/aromatic N) is 1. The Kier molecular flexibility index (Phi) is 6.47. The van der Waals surface area contributed by atoms with E-state index in [0.29, 0.717) is 13.2 Å². The molecule has 1 aliphatic rings. The van der Waals surface area contributed by atoms with Gasteiger partial charge in [0.2, 0.25) is 5.91 Å². The largest absolute Gasteiger partial charge is 0.382 e. The third-order valence-electron chi connectivity index (χ3n) is 3.13. The van der Waals surface area contributed by atoms with Crippen LogP contribution in [0.4, 0.5) is 0 Å². The van der Waals surface area contributed by atoms with Crippen LogP contribution in [0.15, 0.2) is 0 Å². The molecule has 1 fully saturated rings. The third-order valence-corrected chi connectivity index (χ3v) is 3.13. The number of carbonyl (C=O) groups excluding carboxylic acids is 1. The Balaban J connectivity index is 2.27. The highest BCUT2D eigenvalue weighted by Gasteiger charge is 2.23. The molecule has 0 spiro atoms. The molecule has 0 aromatic carbocycles. The van der Waals surface area contributed by atoms with Gasteiger partial charge in [0.15, 0.2) is 0 Å². The molecule has 1 saturated heterocycles. The van der Waals surface area contributed by atoms with Crippen LogP contribution in [0.3, 0.4) is 0 Å². The molecule has 2 atom stereocenters. The second kappa shape index (κ2) is 7.63. The number of ether oxygens (including phenoxy) is 2. The normalized spacial score (nSPS) is 19.4. The molecule has 0 saturated carbocycles. The van der Waals surface area contributed by atoms with Crippen LogP contribution in [0.5, 0.6) is 0 Å². The average Bonchev–Trinajstić information content (AvgIpc) is 2.86. The van der Waals surface area contributed by atoms with Crippen molar-refractivity contribution in [1.29, 1.82) is 0 Å². The third kappa shape index (κ3) is 4.61. The number of rotatable bonds is 7. The molecule has 2 unspecified atom stereocenters. The van der Waals surface area contributed by atoms with Gasteiger partial charge in [-0.05, 0) is 19.8 Å². The highest BCUT2D eigenvalue weighted by molar-refractivity contribution is 5.81. The molecule has 17 heavy (non-hydrogen) atoms. The van der Waals surface area contributed by atoms with Gasteiger partial charge in [-0.1, -0.05) is 0 Å².